The highest BCUT2D eigenvalue weighted by atomic mass is 16.5. The molecule has 0 amide bonds. The molecule has 2 saturated heterocycles. The second-order valence-electron chi connectivity index (χ2n) is 8.22. The summed E-state index contributed by atoms with van der Waals surface area (Å²) in [5.74, 6) is 1.17. The van der Waals surface area contributed by atoms with E-state index in [1.165, 1.54) is 0 Å². The summed E-state index contributed by atoms with van der Waals surface area (Å²) in [6, 6.07) is 0. The highest BCUT2D eigenvalue weighted by molar-refractivity contribution is 6.00. The maximum Gasteiger partial charge on any atom is 0.146 e. The second kappa shape index (κ2) is 4.17. The zero-order valence-electron chi connectivity index (χ0n) is 12.9. The van der Waals surface area contributed by atoms with Crippen LogP contribution in [0.4, 0.5) is 0 Å². The first kappa shape index (κ1) is 13.9. The molecule has 2 aliphatic heterocycles. The first-order valence-electron chi connectivity index (χ1n) is 8.56. The lowest BCUT2D eigenvalue weighted by Crippen LogP contribution is -2.61. The Morgan fingerprint density at radius 2 is 1.81 bits per heavy atom. The third-order valence-corrected chi connectivity index (χ3v) is 7.10. The van der Waals surface area contributed by atoms with E-state index in [0.717, 1.165) is 32.1 Å². The minimum atomic E-state index is -0.606. The van der Waals surface area contributed by atoms with Crippen LogP contribution in [0.3, 0.4) is 0 Å². The summed E-state index contributed by atoms with van der Waals surface area (Å²) >= 11 is 0. The van der Waals surface area contributed by atoms with Crippen LogP contribution in [0.2, 0.25) is 0 Å². The van der Waals surface area contributed by atoms with Crippen LogP contribution in [0.1, 0.15) is 51.9 Å². The van der Waals surface area contributed by atoms with Gasteiger partial charge in [0.25, 0.3) is 0 Å². The SMILES string of the molecule is C[C@H]1CC(=O)[C@]23CCC[N@@+]4([O-])CCC[C@]2(C4)C(=O)C[C@@H]3C1. The van der Waals surface area contributed by atoms with Crippen LogP contribution in [-0.4, -0.2) is 35.8 Å². The summed E-state index contributed by atoms with van der Waals surface area (Å²) in [4.78, 5) is 26.0. The van der Waals surface area contributed by atoms with Crippen molar-refractivity contribution in [1.29, 1.82) is 0 Å². The number of fused-ring (bicyclic) bond motifs is 1. The number of hydrogen-bond donors (Lipinski definition) is 0. The van der Waals surface area contributed by atoms with E-state index >= 15 is 0 Å². The highest BCUT2D eigenvalue weighted by Gasteiger charge is 2.72. The molecule has 2 heterocycles. The molecule has 0 N–H and O–H groups in total. The van der Waals surface area contributed by atoms with Gasteiger partial charge in [-0.25, -0.2) is 0 Å². The molecule has 0 aromatic rings. The van der Waals surface area contributed by atoms with E-state index in [4.69, 9.17) is 0 Å². The Balaban J connectivity index is 1.88. The van der Waals surface area contributed by atoms with Crippen molar-refractivity contribution in [1.82, 2.24) is 0 Å². The first-order chi connectivity index (χ1) is 9.92. The van der Waals surface area contributed by atoms with E-state index in [0.29, 0.717) is 44.2 Å². The van der Waals surface area contributed by atoms with Gasteiger partial charge in [0.05, 0.1) is 30.5 Å². The summed E-state index contributed by atoms with van der Waals surface area (Å²) in [7, 11) is 0. The molecule has 4 fully saturated rings. The topological polar surface area (TPSA) is 57.2 Å². The van der Waals surface area contributed by atoms with Gasteiger partial charge in [-0.1, -0.05) is 6.92 Å². The molecule has 0 unspecified atom stereocenters. The van der Waals surface area contributed by atoms with Gasteiger partial charge in [0.1, 0.15) is 11.6 Å². The Hall–Kier alpha value is -0.740. The van der Waals surface area contributed by atoms with Crippen LogP contribution in [0.15, 0.2) is 0 Å². The molecule has 0 aromatic carbocycles. The van der Waals surface area contributed by atoms with Crippen LogP contribution in [0.25, 0.3) is 0 Å². The Bertz CT molecular complexity index is 518. The van der Waals surface area contributed by atoms with Crippen LogP contribution in [0, 0.1) is 27.9 Å². The molecule has 116 valence electrons. The lowest BCUT2D eigenvalue weighted by Gasteiger charge is -2.55. The molecule has 4 aliphatic rings. The molecule has 2 bridgehead atoms. The van der Waals surface area contributed by atoms with Gasteiger partial charge >= 0.3 is 0 Å². The van der Waals surface area contributed by atoms with E-state index in [9.17, 15) is 14.8 Å². The molecule has 4 rings (SSSR count). The molecule has 2 saturated carbocycles. The number of rotatable bonds is 0. The molecule has 4 heteroatoms. The van der Waals surface area contributed by atoms with E-state index < -0.39 is 10.8 Å². The average Bonchev–Trinajstić information content (AvgIpc) is 2.56. The Morgan fingerprint density at radius 3 is 2.57 bits per heavy atom. The normalized spacial score (nSPS) is 53.0. The van der Waals surface area contributed by atoms with Gasteiger partial charge in [0.15, 0.2) is 0 Å². The maximum absolute atomic E-state index is 13.1. The fourth-order valence-electron chi connectivity index (χ4n) is 6.41. The van der Waals surface area contributed by atoms with Crippen LogP contribution >= 0.6 is 0 Å². The third-order valence-electron chi connectivity index (χ3n) is 7.10. The largest absolute Gasteiger partial charge is 0.633 e. The fourth-order valence-corrected chi connectivity index (χ4v) is 6.41. The molecule has 4 nitrogen and oxygen atoms in total. The van der Waals surface area contributed by atoms with Crippen molar-refractivity contribution in [3.8, 4) is 0 Å². The number of ketones is 2. The Morgan fingerprint density at radius 1 is 1.10 bits per heavy atom. The number of nitrogens with zero attached hydrogens (tertiary/aromatic N) is 1. The van der Waals surface area contributed by atoms with E-state index in [1.807, 2.05) is 0 Å². The van der Waals surface area contributed by atoms with Crippen LogP contribution in [-0.2, 0) is 9.59 Å². The zero-order chi connectivity index (χ0) is 14.9. The maximum atomic E-state index is 13.1. The molecule has 2 aliphatic carbocycles. The van der Waals surface area contributed by atoms with Crippen LogP contribution in [0.5, 0.6) is 0 Å². The fraction of sp³-hybridized carbons (Fsp3) is 0.882. The van der Waals surface area contributed by atoms with Gasteiger partial charge in [-0.2, -0.15) is 0 Å². The summed E-state index contributed by atoms with van der Waals surface area (Å²) in [5, 5.41) is 13.0. The molecule has 5 atom stereocenters. The van der Waals surface area contributed by atoms with Crippen molar-refractivity contribution in [2.45, 2.75) is 51.9 Å². The van der Waals surface area contributed by atoms with Gasteiger partial charge in [-0.05, 0) is 43.9 Å². The first-order valence-corrected chi connectivity index (χ1v) is 8.56. The number of carbonyl (C=O) groups is 2. The summed E-state index contributed by atoms with van der Waals surface area (Å²) in [5.41, 5.74) is -1.08. The van der Waals surface area contributed by atoms with Crippen molar-refractivity contribution < 1.29 is 14.2 Å². The number of carbonyl (C=O) groups excluding carboxylic acids is 2. The van der Waals surface area contributed by atoms with Crippen molar-refractivity contribution >= 4 is 11.6 Å². The quantitative estimate of drug-likeness (QED) is 0.509. The molecular weight excluding hydrogens is 266 g/mol. The molecular formula is C17H25NO3. The van der Waals surface area contributed by atoms with Crippen molar-refractivity contribution in [2.24, 2.45) is 22.7 Å². The second-order valence-corrected chi connectivity index (χ2v) is 8.22. The van der Waals surface area contributed by atoms with Gasteiger partial charge in [-0.15, -0.1) is 0 Å². The average molecular weight is 291 g/mol. The molecule has 0 radical (unpaired) electrons. The van der Waals surface area contributed by atoms with Gasteiger partial charge in [0.2, 0.25) is 0 Å². The minimum absolute atomic E-state index is 0.214. The molecule has 0 aromatic heterocycles. The van der Waals surface area contributed by atoms with Crippen molar-refractivity contribution in [3.05, 3.63) is 5.21 Å². The Kier molecular flexibility index (Phi) is 2.76. The monoisotopic (exact) mass is 291 g/mol. The summed E-state index contributed by atoms with van der Waals surface area (Å²) in [6.07, 6.45) is 5.36. The predicted molar refractivity (Wildman–Crippen MR) is 78.1 cm³/mol. The van der Waals surface area contributed by atoms with E-state index in [2.05, 4.69) is 6.92 Å². The van der Waals surface area contributed by atoms with Crippen molar-refractivity contribution in [2.75, 3.05) is 19.6 Å². The highest BCUT2D eigenvalue weighted by Crippen LogP contribution is 2.66. The number of hydrogen-bond acceptors (Lipinski definition) is 3. The molecule has 21 heavy (non-hydrogen) atoms. The van der Waals surface area contributed by atoms with Gasteiger partial charge in [-0.3, -0.25) is 9.59 Å². The van der Waals surface area contributed by atoms with E-state index in [1.54, 1.807) is 0 Å². The number of Topliss-reactive ketones (excluding diaryl/α,β-unsaturated/α-hetero) is 2. The van der Waals surface area contributed by atoms with Crippen molar-refractivity contribution in [3.63, 3.8) is 0 Å². The predicted octanol–water partition coefficient (Wildman–Crippen LogP) is 2.45. The van der Waals surface area contributed by atoms with Crippen LogP contribution < -0.4 is 0 Å². The number of piperidine rings is 1. The number of hydroxylamine groups is 3. The summed E-state index contributed by atoms with van der Waals surface area (Å²) in [6.45, 7) is 3.76. The lowest BCUT2D eigenvalue weighted by molar-refractivity contribution is -0.890. The molecule has 2 spiro atoms. The minimum Gasteiger partial charge on any atom is -0.633 e. The standard InChI is InChI=1S/C17H25NO3/c1-12-8-13-10-14(19)16-4-2-6-18(21,11-16)7-3-5-17(13,16)15(20)9-12/h12-13H,2-11H2,1H3/t12-,13+,16+,17-,18+/m1/s1. The lowest BCUT2D eigenvalue weighted by atomic mass is 9.51. The van der Waals surface area contributed by atoms with Gasteiger partial charge in [0, 0.05) is 12.8 Å². The van der Waals surface area contributed by atoms with E-state index in [-0.39, 0.29) is 16.3 Å². The zero-order valence-corrected chi connectivity index (χ0v) is 12.9. The third kappa shape index (κ3) is 1.58. The number of quaternary nitrogens is 1. The summed E-state index contributed by atoms with van der Waals surface area (Å²) < 4.78 is -0.219. The smallest absolute Gasteiger partial charge is 0.146 e. The Labute approximate surface area is 126 Å². The van der Waals surface area contributed by atoms with Gasteiger partial charge < -0.3 is 9.85 Å².